The monoisotopic (exact) mass is 289 g/mol. The van der Waals surface area contributed by atoms with Gasteiger partial charge in [-0.1, -0.05) is 32.0 Å². The van der Waals surface area contributed by atoms with Gasteiger partial charge in [0.05, 0.1) is 7.11 Å². The maximum Gasteiger partial charge on any atom is 0.332 e. The molecule has 2 aliphatic rings. The molecule has 3 rings (SSSR count). The van der Waals surface area contributed by atoms with Crippen LogP contribution in [0.1, 0.15) is 42.4 Å². The molecule has 5 nitrogen and oxygen atoms in total. The Balaban J connectivity index is 2.11. The maximum atomic E-state index is 12.8. The van der Waals surface area contributed by atoms with Crippen molar-refractivity contribution in [3.63, 3.8) is 0 Å². The van der Waals surface area contributed by atoms with Gasteiger partial charge in [-0.2, -0.15) is 0 Å². The molecular formula is C16H19NO4. The number of hydrogen-bond acceptors (Lipinski definition) is 4. The number of benzene rings is 1. The first-order valence-electron chi connectivity index (χ1n) is 6.94. The molecule has 0 saturated heterocycles. The van der Waals surface area contributed by atoms with Crippen molar-refractivity contribution in [1.82, 2.24) is 4.90 Å². The van der Waals surface area contributed by atoms with Gasteiger partial charge in [0.2, 0.25) is 0 Å². The predicted octanol–water partition coefficient (Wildman–Crippen LogP) is 2.13. The molecule has 1 aromatic rings. The van der Waals surface area contributed by atoms with Gasteiger partial charge in [0.15, 0.2) is 6.23 Å². The summed E-state index contributed by atoms with van der Waals surface area (Å²) in [5.41, 5.74) is 0.124. The Labute approximate surface area is 123 Å². The Hall–Kier alpha value is -1.88. The summed E-state index contributed by atoms with van der Waals surface area (Å²) < 4.78 is 10.5. The highest BCUT2D eigenvalue weighted by atomic mass is 16.5. The Kier molecular flexibility index (Phi) is 2.89. The molecule has 5 heteroatoms. The standard InChI is InChI=1S/C16H19NO4/c1-15(2)9-16(15,14(19)21-4)17-12(18)10-7-5-6-8-11(10)13(17)20-3/h5-8,13H,9H2,1-4H3/t13-,16+/m0/s1. The number of esters is 1. The van der Waals surface area contributed by atoms with E-state index in [1.54, 1.807) is 18.1 Å². The van der Waals surface area contributed by atoms with Crippen molar-refractivity contribution in [3.8, 4) is 0 Å². The summed E-state index contributed by atoms with van der Waals surface area (Å²) >= 11 is 0. The van der Waals surface area contributed by atoms with E-state index < -0.39 is 11.8 Å². The Bertz CT molecular complexity index is 624. The summed E-state index contributed by atoms with van der Waals surface area (Å²) in [6.45, 7) is 3.93. The zero-order valence-electron chi connectivity index (χ0n) is 12.7. The lowest BCUT2D eigenvalue weighted by Gasteiger charge is -2.33. The number of fused-ring (bicyclic) bond motifs is 1. The summed E-state index contributed by atoms with van der Waals surface area (Å²) in [7, 11) is 2.90. The second kappa shape index (κ2) is 4.31. The summed E-state index contributed by atoms with van der Waals surface area (Å²) in [5.74, 6) is -0.552. The second-order valence-corrected chi connectivity index (χ2v) is 6.26. The van der Waals surface area contributed by atoms with Gasteiger partial charge in [0, 0.05) is 23.7 Å². The average Bonchev–Trinajstić information content (AvgIpc) is 2.93. The molecule has 2 atom stereocenters. The average molecular weight is 289 g/mol. The van der Waals surface area contributed by atoms with Crippen LogP contribution in [-0.2, 0) is 14.3 Å². The van der Waals surface area contributed by atoms with Crippen LogP contribution in [-0.4, -0.2) is 36.5 Å². The van der Waals surface area contributed by atoms with Gasteiger partial charge >= 0.3 is 5.97 Å². The molecule has 1 aliphatic heterocycles. The Morgan fingerprint density at radius 3 is 2.43 bits per heavy atom. The van der Waals surface area contributed by atoms with Crippen LogP contribution >= 0.6 is 0 Å². The highest BCUT2D eigenvalue weighted by molar-refractivity contribution is 6.03. The summed E-state index contributed by atoms with van der Waals surface area (Å²) in [6.07, 6.45) is 0.0290. The summed E-state index contributed by atoms with van der Waals surface area (Å²) in [4.78, 5) is 26.7. The van der Waals surface area contributed by atoms with Crippen molar-refractivity contribution in [2.45, 2.75) is 32.0 Å². The van der Waals surface area contributed by atoms with E-state index in [0.717, 1.165) is 5.56 Å². The fourth-order valence-electron chi connectivity index (χ4n) is 3.51. The Morgan fingerprint density at radius 2 is 1.90 bits per heavy atom. The molecule has 0 aromatic heterocycles. The zero-order valence-corrected chi connectivity index (χ0v) is 12.7. The van der Waals surface area contributed by atoms with Crippen LogP contribution in [0.2, 0.25) is 0 Å². The van der Waals surface area contributed by atoms with Gasteiger partial charge in [-0.25, -0.2) is 4.79 Å². The van der Waals surface area contributed by atoms with E-state index >= 15 is 0 Å². The molecule has 1 saturated carbocycles. The number of rotatable bonds is 3. The number of methoxy groups -OCH3 is 2. The minimum atomic E-state index is -0.946. The van der Waals surface area contributed by atoms with E-state index in [4.69, 9.17) is 9.47 Å². The number of amides is 1. The molecule has 1 amide bonds. The first-order valence-corrected chi connectivity index (χ1v) is 6.94. The number of carbonyl (C=O) groups is 2. The van der Waals surface area contributed by atoms with Gasteiger partial charge < -0.3 is 9.47 Å². The van der Waals surface area contributed by atoms with Crippen LogP contribution in [0.5, 0.6) is 0 Å². The molecule has 0 unspecified atom stereocenters. The number of hydrogen-bond donors (Lipinski definition) is 0. The van der Waals surface area contributed by atoms with Gasteiger partial charge in [0.25, 0.3) is 5.91 Å². The van der Waals surface area contributed by atoms with Gasteiger partial charge in [-0.3, -0.25) is 9.69 Å². The van der Waals surface area contributed by atoms with Crippen molar-refractivity contribution in [2.75, 3.05) is 14.2 Å². The van der Waals surface area contributed by atoms with Gasteiger partial charge in [-0.15, -0.1) is 0 Å². The largest absolute Gasteiger partial charge is 0.467 e. The third kappa shape index (κ3) is 1.61. The zero-order chi connectivity index (χ0) is 15.4. The van der Waals surface area contributed by atoms with Crippen molar-refractivity contribution in [3.05, 3.63) is 35.4 Å². The third-order valence-electron chi connectivity index (χ3n) is 4.76. The molecule has 1 aliphatic carbocycles. The van der Waals surface area contributed by atoms with E-state index in [1.807, 2.05) is 32.0 Å². The highest BCUT2D eigenvalue weighted by Crippen LogP contribution is 2.63. The molecular weight excluding hydrogens is 270 g/mol. The maximum absolute atomic E-state index is 12.8. The molecule has 1 aromatic carbocycles. The minimum Gasteiger partial charge on any atom is -0.467 e. The molecule has 112 valence electrons. The van der Waals surface area contributed by atoms with Crippen LogP contribution < -0.4 is 0 Å². The first kappa shape index (κ1) is 14.1. The van der Waals surface area contributed by atoms with E-state index in [2.05, 4.69) is 0 Å². The Morgan fingerprint density at radius 1 is 1.29 bits per heavy atom. The van der Waals surface area contributed by atoms with Crippen molar-refractivity contribution in [2.24, 2.45) is 5.41 Å². The van der Waals surface area contributed by atoms with E-state index in [0.29, 0.717) is 12.0 Å². The number of carbonyl (C=O) groups excluding carboxylic acids is 2. The van der Waals surface area contributed by atoms with Crippen LogP contribution in [0, 0.1) is 5.41 Å². The van der Waals surface area contributed by atoms with E-state index in [-0.39, 0.29) is 17.3 Å². The number of nitrogens with zero attached hydrogens (tertiary/aromatic N) is 1. The SMILES string of the molecule is COC(=O)[C@]1(N2C(=O)c3ccccc3[C@@H]2OC)CC1(C)C. The molecule has 1 heterocycles. The van der Waals surface area contributed by atoms with Crippen LogP contribution in [0.3, 0.4) is 0 Å². The lowest BCUT2D eigenvalue weighted by atomic mass is 10.0. The smallest absolute Gasteiger partial charge is 0.332 e. The summed E-state index contributed by atoms with van der Waals surface area (Å²) in [6, 6.07) is 7.31. The third-order valence-corrected chi connectivity index (χ3v) is 4.76. The van der Waals surface area contributed by atoms with E-state index in [1.165, 1.54) is 7.11 Å². The minimum absolute atomic E-state index is 0.173. The topological polar surface area (TPSA) is 55.8 Å². The molecule has 0 N–H and O–H groups in total. The quantitative estimate of drug-likeness (QED) is 0.800. The molecule has 21 heavy (non-hydrogen) atoms. The van der Waals surface area contributed by atoms with Crippen molar-refractivity contribution >= 4 is 11.9 Å². The van der Waals surface area contributed by atoms with Crippen molar-refractivity contribution in [1.29, 1.82) is 0 Å². The van der Waals surface area contributed by atoms with E-state index in [9.17, 15) is 9.59 Å². The van der Waals surface area contributed by atoms with Crippen molar-refractivity contribution < 1.29 is 19.1 Å². The lowest BCUT2D eigenvalue weighted by molar-refractivity contribution is -0.155. The molecule has 0 radical (unpaired) electrons. The van der Waals surface area contributed by atoms with Crippen LogP contribution in [0.4, 0.5) is 0 Å². The van der Waals surface area contributed by atoms with Gasteiger partial charge in [-0.05, 0) is 12.5 Å². The van der Waals surface area contributed by atoms with Gasteiger partial charge in [0.1, 0.15) is 5.54 Å². The fourth-order valence-corrected chi connectivity index (χ4v) is 3.51. The molecule has 1 fully saturated rings. The normalized spacial score (nSPS) is 29.2. The fraction of sp³-hybridized carbons (Fsp3) is 0.500. The predicted molar refractivity (Wildman–Crippen MR) is 75.5 cm³/mol. The lowest BCUT2D eigenvalue weighted by Crippen LogP contribution is -2.50. The highest BCUT2D eigenvalue weighted by Gasteiger charge is 2.74. The first-order chi connectivity index (χ1) is 9.90. The van der Waals surface area contributed by atoms with Crippen LogP contribution in [0.25, 0.3) is 0 Å². The molecule has 0 spiro atoms. The number of ether oxygens (including phenoxy) is 2. The second-order valence-electron chi connectivity index (χ2n) is 6.26. The van der Waals surface area contributed by atoms with Crippen LogP contribution in [0.15, 0.2) is 24.3 Å². The molecule has 0 bridgehead atoms. The summed E-state index contributed by atoms with van der Waals surface area (Å²) in [5, 5.41) is 0.